The van der Waals surface area contributed by atoms with Gasteiger partial charge in [-0.2, -0.15) is 13.2 Å². The third-order valence-corrected chi connectivity index (χ3v) is 7.70. The number of carbonyl (C=O) groups is 2. The summed E-state index contributed by atoms with van der Waals surface area (Å²) in [6.45, 7) is -1.30. The summed E-state index contributed by atoms with van der Waals surface area (Å²) in [6.07, 6.45) is 0.327. The van der Waals surface area contributed by atoms with Gasteiger partial charge in [-0.1, -0.05) is 12.1 Å². The van der Waals surface area contributed by atoms with Crippen LogP contribution in [-0.4, -0.2) is 40.6 Å². The molecule has 1 saturated heterocycles. The number of fused-ring (bicyclic) bond motifs is 1. The quantitative estimate of drug-likeness (QED) is 0.194. The average Bonchev–Trinajstić information content (AvgIpc) is 3.31. The number of aromatic nitrogens is 1. The van der Waals surface area contributed by atoms with E-state index in [-0.39, 0.29) is 28.9 Å². The molecule has 0 saturated carbocycles. The summed E-state index contributed by atoms with van der Waals surface area (Å²) >= 11 is 0.999. The van der Waals surface area contributed by atoms with Crippen molar-refractivity contribution in [3.8, 4) is 11.1 Å². The molecule has 0 bridgehead atoms. The van der Waals surface area contributed by atoms with Gasteiger partial charge in [0.1, 0.15) is 5.82 Å². The van der Waals surface area contributed by atoms with E-state index < -0.39 is 36.7 Å². The minimum Gasteiger partial charge on any atom is -0.384 e. The lowest BCUT2D eigenvalue weighted by Crippen LogP contribution is -2.58. The molecule has 0 atom stereocenters. The molecule has 2 aromatic carbocycles. The van der Waals surface area contributed by atoms with Crippen LogP contribution in [0.1, 0.15) is 32.8 Å². The van der Waals surface area contributed by atoms with E-state index in [9.17, 15) is 31.5 Å². The van der Waals surface area contributed by atoms with Gasteiger partial charge >= 0.3 is 6.18 Å². The molecule has 206 valence electrons. The standard InChI is InChI=1S/C29H22F5N3O2S/c30-28(31)15-37(16-28)27(39)19-5-3-18(4-6-19)20-11-21-12-23(40-26(21)24(13-20)29(32,33)34)9-8-22(38)7-1-17-2-10-25(35)36-14-17/h1-7,10-14H,8-9,15-16H2,(H2,35,36)/b7-1+. The van der Waals surface area contributed by atoms with Crippen LogP contribution in [0.4, 0.5) is 27.8 Å². The van der Waals surface area contributed by atoms with Crippen LogP contribution in [-0.2, 0) is 17.4 Å². The second-order valence-corrected chi connectivity index (χ2v) is 10.7. The van der Waals surface area contributed by atoms with Crippen LogP contribution in [0.15, 0.2) is 66.9 Å². The molecule has 11 heteroatoms. The Bertz CT molecular complexity index is 1600. The normalized spacial score (nSPS) is 15.0. The summed E-state index contributed by atoms with van der Waals surface area (Å²) in [7, 11) is 0. The average molecular weight is 572 g/mol. The van der Waals surface area contributed by atoms with E-state index in [1.165, 1.54) is 36.5 Å². The highest BCUT2D eigenvalue weighted by molar-refractivity contribution is 7.19. The Morgan fingerprint density at radius 1 is 1.02 bits per heavy atom. The number of thiophene rings is 1. The first-order valence-electron chi connectivity index (χ1n) is 12.2. The largest absolute Gasteiger partial charge is 0.417 e. The maximum Gasteiger partial charge on any atom is 0.417 e. The van der Waals surface area contributed by atoms with Gasteiger partial charge in [0, 0.05) is 27.8 Å². The lowest BCUT2D eigenvalue weighted by molar-refractivity contribution is -0.136. The first-order valence-corrected chi connectivity index (χ1v) is 13.0. The zero-order chi connectivity index (χ0) is 28.7. The second kappa shape index (κ2) is 10.5. The highest BCUT2D eigenvalue weighted by Gasteiger charge is 2.46. The molecule has 1 aliphatic rings. The number of anilines is 1. The number of nitrogens with zero attached hydrogens (tertiary/aromatic N) is 2. The molecule has 0 aliphatic carbocycles. The Morgan fingerprint density at radius 2 is 1.75 bits per heavy atom. The van der Waals surface area contributed by atoms with Gasteiger partial charge in [0.15, 0.2) is 5.78 Å². The summed E-state index contributed by atoms with van der Waals surface area (Å²) in [4.78, 5) is 30.3. The number of carbonyl (C=O) groups excluding carboxylic acids is 2. The molecule has 2 N–H and O–H groups in total. The van der Waals surface area contributed by atoms with Crippen LogP contribution in [0.2, 0.25) is 0 Å². The van der Waals surface area contributed by atoms with Crippen LogP contribution in [0, 0.1) is 0 Å². The molecule has 1 amide bonds. The number of ketones is 1. The summed E-state index contributed by atoms with van der Waals surface area (Å²) in [5.74, 6) is -3.26. The van der Waals surface area contributed by atoms with E-state index in [1.54, 1.807) is 30.3 Å². The molecule has 0 radical (unpaired) electrons. The Morgan fingerprint density at radius 3 is 2.38 bits per heavy atom. The third kappa shape index (κ3) is 6.04. The number of halogens is 5. The number of hydrogen-bond acceptors (Lipinski definition) is 5. The number of likely N-dealkylation sites (tertiary alicyclic amines) is 1. The maximum absolute atomic E-state index is 14.0. The van der Waals surface area contributed by atoms with E-state index in [1.807, 2.05) is 0 Å². The fraction of sp³-hybridized carbons (Fsp3) is 0.207. The molecular weight excluding hydrogens is 549 g/mol. The first kappa shape index (κ1) is 27.4. The van der Waals surface area contributed by atoms with E-state index in [0.717, 1.165) is 22.3 Å². The smallest absolute Gasteiger partial charge is 0.384 e. The highest BCUT2D eigenvalue weighted by atomic mass is 32.1. The van der Waals surface area contributed by atoms with Crippen LogP contribution in [0.3, 0.4) is 0 Å². The van der Waals surface area contributed by atoms with Crippen molar-refractivity contribution in [2.75, 3.05) is 18.8 Å². The number of nitrogen functional groups attached to an aromatic ring is 1. The van der Waals surface area contributed by atoms with E-state index in [4.69, 9.17) is 5.73 Å². The maximum atomic E-state index is 14.0. The third-order valence-electron chi connectivity index (χ3n) is 6.46. The summed E-state index contributed by atoms with van der Waals surface area (Å²) in [5.41, 5.74) is 6.38. The number of rotatable bonds is 7. The fourth-order valence-electron chi connectivity index (χ4n) is 4.38. The molecule has 1 aliphatic heterocycles. The predicted octanol–water partition coefficient (Wildman–Crippen LogP) is 6.87. The van der Waals surface area contributed by atoms with Gasteiger partial charge in [-0.25, -0.2) is 13.8 Å². The van der Waals surface area contributed by atoms with Gasteiger partial charge in [-0.05, 0) is 83.1 Å². The molecule has 1 fully saturated rings. The number of benzene rings is 2. The Kier molecular flexibility index (Phi) is 7.17. The van der Waals surface area contributed by atoms with Crippen molar-refractivity contribution in [3.05, 3.63) is 88.4 Å². The summed E-state index contributed by atoms with van der Waals surface area (Å²) < 4.78 is 68.3. The van der Waals surface area contributed by atoms with Crippen LogP contribution >= 0.6 is 11.3 Å². The molecular formula is C29H22F5N3O2S. The SMILES string of the molecule is Nc1ccc(/C=C/C(=O)CCc2cc3cc(-c4ccc(C(=O)N5CC(F)(F)C5)cc4)cc(C(F)(F)F)c3s2)cn1. The van der Waals surface area contributed by atoms with Gasteiger partial charge in [0.2, 0.25) is 0 Å². The van der Waals surface area contributed by atoms with Crippen LogP contribution in [0.25, 0.3) is 27.3 Å². The van der Waals surface area contributed by atoms with Crippen molar-refractivity contribution in [2.45, 2.75) is 24.9 Å². The zero-order valence-corrected chi connectivity index (χ0v) is 21.7. The fourth-order valence-corrected chi connectivity index (χ4v) is 5.56. The number of nitrogens with two attached hydrogens (primary N) is 1. The van der Waals surface area contributed by atoms with Crippen molar-refractivity contribution in [2.24, 2.45) is 0 Å². The monoisotopic (exact) mass is 571 g/mol. The van der Waals surface area contributed by atoms with Crippen molar-refractivity contribution in [3.63, 3.8) is 0 Å². The van der Waals surface area contributed by atoms with E-state index in [2.05, 4.69) is 4.98 Å². The lowest BCUT2D eigenvalue weighted by Gasteiger charge is -2.38. The minimum absolute atomic E-state index is 0.0766. The molecule has 0 spiro atoms. The van der Waals surface area contributed by atoms with Crippen molar-refractivity contribution in [1.29, 1.82) is 0 Å². The molecule has 5 nitrogen and oxygen atoms in total. The van der Waals surface area contributed by atoms with Gasteiger partial charge < -0.3 is 10.6 Å². The number of pyridine rings is 1. The first-order chi connectivity index (χ1) is 18.9. The Labute approximate surface area is 229 Å². The number of aryl methyl sites for hydroxylation is 1. The van der Waals surface area contributed by atoms with Crippen LogP contribution < -0.4 is 5.73 Å². The van der Waals surface area contributed by atoms with E-state index in [0.29, 0.717) is 32.8 Å². The van der Waals surface area contributed by atoms with E-state index >= 15 is 0 Å². The summed E-state index contributed by atoms with van der Waals surface area (Å²) in [6, 6.07) is 13.5. The molecule has 2 aromatic heterocycles. The molecule has 3 heterocycles. The lowest BCUT2D eigenvalue weighted by atomic mass is 9.98. The van der Waals surface area contributed by atoms with Gasteiger partial charge in [-0.3, -0.25) is 9.59 Å². The molecule has 40 heavy (non-hydrogen) atoms. The Hall–Kier alpha value is -4.12. The zero-order valence-electron chi connectivity index (χ0n) is 20.8. The molecule has 5 rings (SSSR count). The number of alkyl halides is 5. The van der Waals surface area contributed by atoms with Gasteiger partial charge in [0.05, 0.1) is 18.7 Å². The highest BCUT2D eigenvalue weighted by Crippen LogP contribution is 2.42. The number of amides is 1. The second-order valence-electron chi connectivity index (χ2n) is 9.56. The number of allylic oxidation sites excluding steroid dienone is 1. The number of hydrogen-bond donors (Lipinski definition) is 1. The molecule has 0 unspecified atom stereocenters. The van der Waals surface area contributed by atoms with Crippen molar-refractivity contribution < 1.29 is 31.5 Å². The van der Waals surface area contributed by atoms with Crippen LogP contribution in [0.5, 0.6) is 0 Å². The van der Waals surface area contributed by atoms with Crippen molar-refractivity contribution in [1.82, 2.24) is 9.88 Å². The van der Waals surface area contributed by atoms with Gasteiger partial charge in [-0.15, -0.1) is 11.3 Å². The topological polar surface area (TPSA) is 76.3 Å². The summed E-state index contributed by atoms with van der Waals surface area (Å²) in [5, 5.41) is 0.392. The van der Waals surface area contributed by atoms with Crippen molar-refractivity contribution >= 4 is 45.0 Å². The minimum atomic E-state index is -4.61. The predicted molar refractivity (Wildman–Crippen MR) is 144 cm³/mol. The van der Waals surface area contributed by atoms with Gasteiger partial charge in [0.25, 0.3) is 11.8 Å². The molecule has 4 aromatic rings. The Balaban J connectivity index is 1.34.